The van der Waals surface area contributed by atoms with Gasteiger partial charge in [0.05, 0.1) is 18.8 Å². The van der Waals surface area contributed by atoms with Crippen LogP contribution >= 0.6 is 0 Å². The van der Waals surface area contributed by atoms with Gasteiger partial charge in [-0.05, 0) is 20.8 Å². The number of nitrogen functional groups attached to an aromatic ring is 1. The molecule has 1 unspecified atom stereocenters. The lowest BCUT2D eigenvalue weighted by Gasteiger charge is -2.27. The summed E-state index contributed by atoms with van der Waals surface area (Å²) < 4.78 is 12.5. The summed E-state index contributed by atoms with van der Waals surface area (Å²) in [5.74, 6) is 1.36. The highest BCUT2D eigenvalue weighted by Gasteiger charge is 2.24. The summed E-state index contributed by atoms with van der Waals surface area (Å²) in [5, 5.41) is 2.72. The van der Waals surface area contributed by atoms with Gasteiger partial charge in [0.25, 0.3) is 0 Å². The Kier molecular flexibility index (Phi) is 3.66. The molecule has 0 fully saturated rings. The molecule has 0 aromatic carbocycles. The van der Waals surface area contributed by atoms with Gasteiger partial charge in [0.1, 0.15) is 23.9 Å². The minimum absolute atomic E-state index is 0.0567. The van der Waals surface area contributed by atoms with Gasteiger partial charge in [-0.2, -0.15) is 0 Å². The van der Waals surface area contributed by atoms with E-state index in [-0.39, 0.29) is 6.04 Å². The Hall–Kier alpha value is -1.76. The molecule has 2 rings (SSSR count). The van der Waals surface area contributed by atoms with Crippen molar-refractivity contribution in [3.63, 3.8) is 0 Å². The van der Waals surface area contributed by atoms with E-state index in [0.717, 1.165) is 5.82 Å². The number of hydrogen-bond acceptors (Lipinski definition) is 5. The summed E-state index contributed by atoms with van der Waals surface area (Å²) in [6.07, 6.45) is 1.16. The molecule has 0 radical (unpaired) electrons. The molecule has 1 aliphatic rings. The lowest BCUT2D eigenvalue weighted by molar-refractivity contribution is 0.0415. The number of carbonyl (C=O) groups is 1. The van der Waals surface area contributed by atoms with Gasteiger partial charge in [-0.3, -0.25) is 0 Å². The minimum atomic E-state index is -0.508. The number of fused-ring (bicyclic) bond motifs is 1. The SMILES string of the molecule is CC(C)(C)OC(=O)NCC1COCc2ncc(N)n21. The molecule has 1 amide bonds. The van der Waals surface area contributed by atoms with Crippen molar-refractivity contribution in [3.05, 3.63) is 12.0 Å². The molecule has 0 saturated carbocycles. The van der Waals surface area contributed by atoms with Gasteiger partial charge in [-0.25, -0.2) is 9.78 Å². The first kappa shape index (κ1) is 13.7. The lowest BCUT2D eigenvalue weighted by Crippen LogP contribution is -2.38. The van der Waals surface area contributed by atoms with Gasteiger partial charge in [0.15, 0.2) is 0 Å². The maximum atomic E-state index is 11.6. The Labute approximate surface area is 112 Å². The molecule has 7 nitrogen and oxygen atoms in total. The number of imidazole rings is 1. The van der Waals surface area contributed by atoms with Gasteiger partial charge < -0.3 is 25.1 Å². The van der Waals surface area contributed by atoms with Gasteiger partial charge in [0, 0.05) is 6.54 Å². The van der Waals surface area contributed by atoms with E-state index in [1.807, 2.05) is 25.3 Å². The molecule has 0 spiro atoms. The average molecular weight is 268 g/mol. The Morgan fingerprint density at radius 3 is 3.11 bits per heavy atom. The molecule has 0 saturated heterocycles. The summed E-state index contributed by atoms with van der Waals surface area (Å²) in [6.45, 7) is 6.79. The zero-order valence-electron chi connectivity index (χ0n) is 11.5. The monoisotopic (exact) mass is 268 g/mol. The standard InChI is InChI=1S/C12H20N4O3/c1-12(2,3)19-11(17)15-4-8-6-18-7-10-14-5-9(13)16(8)10/h5,8H,4,6-7,13H2,1-3H3,(H,15,17). The fraction of sp³-hybridized carbons (Fsp3) is 0.667. The molecule has 7 heteroatoms. The first-order valence-electron chi connectivity index (χ1n) is 6.23. The van der Waals surface area contributed by atoms with Crippen molar-refractivity contribution in [2.75, 3.05) is 18.9 Å². The quantitative estimate of drug-likeness (QED) is 0.837. The van der Waals surface area contributed by atoms with Gasteiger partial charge >= 0.3 is 6.09 Å². The topological polar surface area (TPSA) is 91.4 Å². The number of alkyl carbamates (subject to hydrolysis) is 1. The number of ether oxygens (including phenoxy) is 2. The smallest absolute Gasteiger partial charge is 0.407 e. The third-order valence-corrected chi connectivity index (χ3v) is 2.69. The van der Waals surface area contributed by atoms with E-state index in [4.69, 9.17) is 15.2 Å². The number of nitrogens with one attached hydrogen (secondary N) is 1. The van der Waals surface area contributed by atoms with Crippen LogP contribution in [-0.4, -0.2) is 34.4 Å². The number of nitrogens with two attached hydrogens (primary N) is 1. The molecular formula is C12H20N4O3. The van der Waals surface area contributed by atoms with Crippen molar-refractivity contribution in [2.24, 2.45) is 0 Å². The lowest BCUT2D eigenvalue weighted by atomic mass is 10.2. The molecule has 0 bridgehead atoms. The van der Waals surface area contributed by atoms with Crippen molar-refractivity contribution in [1.82, 2.24) is 14.9 Å². The molecule has 0 aliphatic carbocycles. The first-order chi connectivity index (χ1) is 8.87. The van der Waals surface area contributed by atoms with Crippen molar-refractivity contribution >= 4 is 11.9 Å². The van der Waals surface area contributed by atoms with Crippen LogP contribution in [0.15, 0.2) is 6.20 Å². The maximum Gasteiger partial charge on any atom is 0.407 e. The number of nitrogens with zero attached hydrogens (tertiary/aromatic N) is 2. The second kappa shape index (κ2) is 5.08. The Bertz CT molecular complexity index is 464. The van der Waals surface area contributed by atoms with Crippen molar-refractivity contribution in [3.8, 4) is 0 Å². The third kappa shape index (κ3) is 3.37. The van der Waals surface area contributed by atoms with E-state index in [1.54, 1.807) is 6.20 Å². The average Bonchev–Trinajstić information content (AvgIpc) is 2.67. The highest BCUT2D eigenvalue weighted by molar-refractivity contribution is 5.67. The zero-order valence-corrected chi connectivity index (χ0v) is 11.5. The number of anilines is 1. The highest BCUT2D eigenvalue weighted by atomic mass is 16.6. The van der Waals surface area contributed by atoms with Crippen LogP contribution in [0.1, 0.15) is 32.6 Å². The fourth-order valence-electron chi connectivity index (χ4n) is 1.97. The van der Waals surface area contributed by atoms with E-state index in [0.29, 0.717) is 25.6 Å². The summed E-state index contributed by atoms with van der Waals surface area (Å²) in [5.41, 5.74) is 5.35. The number of carbonyl (C=O) groups excluding carboxylic acids is 1. The van der Waals surface area contributed by atoms with Crippen LogP contribution in [0.3, 0.4) is 0 Å². The summed E-state index contributed by atoms with van der Waals surface area (Å²) in [7, 11) is 0. The van der Waals surface area contributed by atoms with Crippen LogP contribution in [0.25, 0.3) is 0 Å². The van der Waals surface area contributed by atoms with Crippen LogP contribution in [0.5, 0.6) is 0 Å². The second-order valence-corrected chi connectivity index (χ2v) is 5.52. The molecule has 2 heterocycles. The van der Waals surface area contributed by atoms with Gasteiger partial charge in [-0.15, -0.1) is 0 Å². The molecule has 1 aliphatic heterocycles. The van der Waals surface area contributed by atoms with E-state index in [9.17, 15) is 4.79 Å². The molecule has 1 aromatic heterocycles. The molecule has 3 N–H and O–H groups in total. The molecule has 1 atom stereocenters. The van der Waals surface area contributed by atoms with Gasteiger partial charge in [0.2, 0.25) is 0 Å². The zero-order chi connectivity index (χ0) is 14.0. The highest BCUT2D eigenvalue weighted by Crippen LogP contribution is 2.21. The minimum Gasteiger partial charge on any atom is -0.444 e. The normalized spacial score (nSPS) is 18.8. The number of hydrogen-bond donors (Lipinski definition) is 2. The Balaban J connectivity index is 1.94. The number of aromatic nitrogens is 2. The fourth-order valence-corrected chi connectivity index (χ4v) is 1.97. The Morgan fingerprint density at radius 2 is 2.42 bits per heavy atom. The van der Waals surface area contributed by atoms with E-state index in [2.05, 4.69) is 10.3 Å². The third-order valence-electron chi connectivity index (χ3n) is 2.69. The van der Waals surface area contributed by atoms with E-state index < -0.39 is 11.7 Å². The van der Waals surface area contributed by atoms with Crippen LogP contribution in [0, 0.1) is 0 Å². The Morgan fingerprint density at radius 1 is 1.68 bits per heavy atom. The summed E-state index contributed by atoms with van der Waals surface area (Å²) in [6, 6.07) is -0.0567. The largest absolute Gasteiger partial charge is 0.444 e. The maximum absolute atomic E-state index is 11.6. The summed E-state index contributed by atoms with van der Waals surface area (Å²) >= 11 is 0. The number of rotatable bonds is 2. The van der Waals surface area contributed by atoms with Crippen molar-refractivity contribution in [1.29, 1.82) is 0 Å². The molecule has 106 valence electrons. The number of amides is 1. The first-order valence-corrected chi connectivity index (χ1v) is 6.23. The van der Waals surface area contributed by atoms with Gasteiger partial charge in [-0.1, -0.05) is 0 Å². The van der Waals surface area contributed by atoms with E-state index in [1.165, 1.54) is 0 Å². The van der Waals surface area contributed by atoms with Crippen molar-refractivity contribution in [2.45, 2.75) is 39.0 Å². The van der Waals surface area contributed by atoms with Crippen LogP contribution in [-0.2, 0) is 16.1 Å². The molecule has 1 aromatic rings. The second-order valence-electron chi connectivity index (χ2n) is 5.52. The summed E-state index contributed by atoms with van der Waals surface area (Å²) in [4.78, 5) is 15.8. The van der Waals surface area contributed by atoms with Crippen LogP contribution in [0.4, 0.5) is 10.6 Å². The predicted molar refractivity (Wildman–Crippen MR) is 69.6 cm³/mol. The van der Waals surface area contributed by atoms with Crippen molar-refractivity contribution < 1.29 is 14.3 Å². The van der Waals surface area contributed by atoms with Crippen LogP contribution < -0.4 is 11.1 Å². The molecule has 19 heavy (non-hydrogen) atoms. The van der Waals surface area contributed by atoms with Crippen LogP contribution in [0.2, 0.25) is 0 Å². The molecular weight excluding hydrogens is 248 g/mol. The predicted octanol–water partition coefficient (Wildman–Crippen LogP) is 1.06. The van der Waals surface area contributed by atoms with E-state index >= 15 is 0 Å².